The van der Waals surface area contributed by atoms with Crippen LogP contribution in [-0.2, 0) is 20.2 Å². The smallest absolute Gasteiger partial charge is 0.0623 e. The van der Waals surface area contributed by atoms with Gasteiger partial charge in [0, 0.05) is 0 Å². The van der Waals surface area contributed by atoms with Gasteiger partial charge in [0.25, 0.3) is 0 Å². The Kier molecular flexibility index (Phi) is 42.6. The molecule has 0 fully saturated rings. The van der Waals surface area contributed by atoms with Crippen LogP contribution in [0.3, 0.4) is 0 Å². The van der Waals surface area contributed by atoms with Gasteiger partial charge in [-0.25, -0.2) is 16.8 Å². The minimum Gasteiger partial charge on any atom is -0.0623 e. The Morgan fingerprint density at radius 3 is 0.431 bits per heavy atom. The summed E-state index contributed by atoms with van der Waals surface area (Å²) in [5.74, 6) is 0. The van der Waals surface area contributed by atoms with Gasteiger partial charge in [-0.05, 0) is 0 Å². The Balaban J connectivity index is -0.000000406. The Hall–Kier alpha value is -2.80. The number of alkyl halides is 6. The Labute approximate surface area is 490 Å². The molecule has 22 heteroatoms. The van der Waals surface area contributed by atoms with Gasteiger partial charge in [-0.3, -0.25) is 0 Å². The normalized spacial score (nSPS) is 10.0. The van der Waals surface area contributed by atoms with Gasteiger partial charge in [0.15, 0.2) is 20.2 Å². The molecule has 0 aliphatic carbocycles. The first-order valence-electron chi connectivity index (χ1n) is 19.3. The average molecular weight is 1630 g/mol. The SMILES string of the molecule is O=S(=O)([O-])C(F)(F)F.O=S(=O)([O-])C(F)(F)F.[Bi+3].[Bi+3].[Cl-].[Cl-].[Cl-].[Cl-].c1ccc([As](c2ccccc2)c2ccccc2)cc1.c1ccc([As](c2ccccc2)c2ccccc2)cc1.c1ccccc1.c1ccccc1. The Morgan fingerprint density at radius 2 is 0.347 bits per heavy atom. The zero-order chi connectivity index (χ0) is 48.3. The van der Waals surface area contributed by atoms with Crippen LogP contribution in [0.2, 0.25) is 0 Å². The fourth-order valence-electron chi connectivity index (χ4n) is 5.13. The van der Waals surface area contributed by atoms with E-state index in [1.807, 2.05) is 72.8 Å². The van der Waals surface area contributed by atoms with Crippen LogP contribution in [0.5, 0.6) is 0 Å². The summed E-state index contributed by atoms with van der Waals surface area (Å²) in [5.41, 5.74) is -11.3. The fraction of sp³-hybridized carbons (Fsp3) is 0.0400. The molecular formula is C50H42As2Bi2Cl4F6O6S2. The quantitative estimate of drug-likeness (QED) is 0.0716. The van der Waals surface area contributed by atoms with Gasteiger partial charge in [-0.1, -0.05) is 72.8 Å². The molecule has 0 N–H and O–H groups in total. The van der Waals surface area contributed by atoms with E-state index in [-0.39, 0.29) is 102 Å². The van der Waals surface area contributed by atoms with Gasteiger partial charge in [-0.15, -0.1) is 0 Å². The van der Waals surface area contributed by atoms with Crippen LogP contribution in [0.15, 0.2) is 255 Å². The van der Waals surface area contributed by atoms with Crippen molar-refractivity contribution in [3.63, 3.8) is 0 Å². The van der Waals surface area contributed by atoms with Gasteiger partial charge in [0.2, 0.25) is 0 Å². The number of halogens is 10. The van der Waals surface area contributed by atoms with Crippen molar-refractivity contribution >= 4 is 128 Å². The van der Waals surface area contributed by atoms with E-state index in [0.717, 1.165) is 0 Å². The van der Waals surface area contributed by atoms with E-state index < -0.39 is 60.6 Å². The summed E-state index contributed by atoms with van der Waals surface area (Å²) < 4.78 is 127. The number of rotatable bonds is 6. The zero-order valence-electron chi connectivity index (χ0n) is 37.1. The third-order valence-corrected chi connectivity index (χ3v) is 19.4. The second-order valence-corrected chi connectivity index (χ2v) is 24.9. The maximum atomic E-state index is 10.7. The molecule has 72 heavy (non-hydrogen) atoms. The molecule has 0 aliphatic rings. The van der Waals surface area contributed by atoms with Crippen molar-refractivity contribution in [3.8, 4) is 0 Å². The molecule has 0 aliphatic heterocycles. The summed E-state index contributed by atoms with van der Waals surface area (Å²) in [5, 5.41) is 0. The van der Waals surface area contributed by atoms with Crippen LogP contribution in [0.4, 0.5) is 26.3 Å². The molecule has 0 atom stereocenters. The van der Waals surface area contributed by atoms with Gasteiger partial charge in [0.1, 0.15) is 0 Å². The fourth-order valence-corrected chi connectivity index (χ4v) is 14.8. The van der Waals surface area contributed by atoms with E-state index in [1.54, 1.807) is 0 Å². The van der Waals surface area contributed by atoms with Gasteiger partial charge in [-0.2, -0.15) is 26.3 Å². The van der Waals surface area contributed by atoms with Crippen LogP contribution in [0.25, 0.3) is 0 Å². The third kappa shape index (κ3) is 29.9. The molecule has 380 valence electrons. The molecule has 6 nitrogen and oxygen atoms in total. The van der Waals surface area contributed by atoms with E-state index in [0.29, 0.717) is 0 Å². The summed E-state index contributed by atoms with van der Waals surface area (Å²) >= 11 is -2.78. The molecule has 8 rings (SSSR count). The molecule has 0 saturated carbocycles. The van der Waals surface area contributed by atoms with Crippen molar-refractivity contribution in [2.45, 2.75) is 11.0 Å². The molecule has 0 spiro atoms. The molecule has 0 unspecified atom stereocenters. The van der Waals surface area contributed by atoms with Crippen LogP contribution < -0.4 is 75.7 Å². The van der Waals surface area contributed by atoms with Crippen LogP contribution >= 0.6 is 0 Å². The van der Waals surface area contributed by atoms with Crippen molar-refractivity contribution in [2.75, 3.05) is 0 Å². The van der Waals surface area contributed by atoms with E-state index in [1.165, 1.54) is 26.1 Å². The van der Waals surface area contributed by atoms with E-state index in [2.05, 4.69) is 182 Å². The third-order valence-electron chi connectivity index (χ3n) is 7.99. The van der Waals surface area contributed by atoms with Crippen LogP contribution in [0, 0.1) is 0 Å². The largest absolute Gasteiger partial charge is 0.0623 e. The summed E-state index contributed by atoms with van der Waals surface area (Å²) in [7, 11) is -12.2. The van der Waals surface area contributed by atoms with Crippen molar-refractivity contribution < 1.29 is 102 Å². The summed E-state index contributed by atoms with van der Waals surface area (Å²) in [6.07, 6.45) is 0. The number of hydrogen-bond donors (Lipinski definition) is 0. The van der Waals surface area contributed by atoms with Crippen molar-refractivity contribution in [2.24, 2.45) is 0 Å². The first-order chi connectivity index (χ1) is 31.4. The van der Waals surface area contributed by atoms with E-state index >= 15 is 0 Å². The molecule has 0 saturated heterocycles. The first-order valence-corrected chi connectivity index (χ1v) is 27.8. The molecule has 8 aromatic rings. The molecular weight excluding hydrogens is 1580 g/mol. The number of hydrogen-bond acceptors (Lipinski definition) is 6. The maximum absolute atomic E-state index is 10.7. The standard InChI is InChI=1S/2C18H15As.2C6H6.2CHF3O3S.2Bi.4ClH/c2*1-4-10-16(11-5-1)19(17-12-6-2-7-13-17)18-14-8-3-9-15-18;2*1-2-4-6-5-3-1;2*2-1(3,4)8(5,6)7;;;;;;/h2*1-15H;2*1-6H;2*(H,5,6,7);;;4*1H/q;;;;;;2*+3;;;;/p-6. The summed E-state index contributed by atoms with van der Waals surface area (Å²) in [6.45, 7) is 0. The van der Waals surface area contributed by atoms with Crippen LogP contribution in [-0.4, -0.2) is 119 Å². The summed E-state index contributed by atoms with van der Waals surface area (Å²) in [6, 6.07) is 89.4. The second kappa shape index (κ2) is 40.5. The topological polar surface area (TPSA) is 114 Å². The first kappa shape index (κ1) is 75.7. The van der Waals surface area contributed by atoms with Gasteiger partial charge >= 0.3 is 301 Å². The van der Waals surface area contributed by atoms with Gasteiger partial charge < -0.3 is 58.7 Å². The predicted octanol–water partition coefficient (Wildman–Crippen LogP) is -4.86. The minimum atomic E-state index is -6.09. The van der Waals surface area contributed by atoms with E-state index in [4.69, 9.17) is 25.9 Å². The predicted molar refractivity (Wildman–Crippen MR) is 264 cm³/mol. The van der Waals surface area contributed by atoms with Crippen molar-refractivity contribution in [1.82, 2.24) is 0 Å². The molecule has 8 aromatic carbocycles. The second-order valence-electron chi connectivity index (χ2n) is 12.8. The Bertz CT molecular complexity index is 2300. The molecule has 0 aromatic heterocycles. The minimum absolute atomic E-state index is 0. The molecule has 0 amide bonds. The summed E-state index contributed by atoms with van der Waals surface area (Å²) in [4.78, 5) is 0. The van der Waals surface area contributed by atoms with E-state index in [9.17, 15) is 26.3 Å². The molecule has 0 heterocycles. The molecule has 0 bridgehead atoms. The maximum Gasteiger partial charge on any atom is -0.0623 e. The zero-order valence-corrected chi connectivity index (χ0v) is 52.4. The van der Waals surface area contributed by atoms with Crippen molar-refractivity contribution in [3.05, 3.63) is 255 Å². The Morgan fingerprint density at radius 1 is 0.264 bits per heavy atom. The van der Waals surface area contributed by atoms with Gasteiger partial charge in [0.05, 0.1) is 0 Å². The average Bonchev–Trinajstić information content (AvgIpc) is 3.32. The van der Waals surface area contributed by atoms with Crippen molar-refractivity contribution in [1.29, 1.82) is 0 Å². The molecule has 4 radical (unpaired) electrons. The monoisotopic (exact) mass is 1620 g/mol. The number of benzene rings is 8. The van der Waals surface area contributed by atoms with Crippen LogP contribution in [0.1, 0.15) is 0 Å².